The zero-order valence-electron chi connectivity index (χ0n) is 13.5. The van der Waals surface area contributed by atoms with E-state index in [1.807, 2.05) is 12.1 Å². The van der Waals surface area contributed by atoms with E-state index in [2.05, 4.69) is 10.6 Å². The lowest BCUT2D eigenvalue weighted by Gasteiger charge is -2.13. The average molecular weight is 342 g/mol. The minimum absolute atomic E-state index is 0.236. The van der Waals surface area contributed by atoms with Crippen LogP contribution in [0.4, 0.5) is 11.4 Å². The van der Waals surface area contributed by atoms with E-state index in [1.54, 1.807) is 36.4 Å². The fourth-order valence-electron chi connectivity index (χ4n) is 2.30. The summed E-state index contributed by atoms with van der Waals surface area (Å²) >= 11 is 0. The molecule has 0 atom stereocenters. The molecule has 0 unspecified atom stereocenters. The number of benzene rings is 2. The fourth-order valence-corrected chi connectivity index (χ4v) is 2.30. The lowest BCUT2D eigenvalue weighted by molar-refractivity contribution is -0.125. The molecule has 1 aliphatic rings. The van der Waals surface area contributed by atoms with Crippen LogP contribution in [0.5, 0.6) is 11.5 Å². The lowest BCUT2D eigenvalue weighted by atomic mass is 10.3. The molecule has 2 N–H and O–H groups in total. The maximum absolute atomic E-state index is 11.9. The Labute approximate surface area is 144 Å². The van der Waals surface area contributed by atoms with Gasteiger partial charge in [0.2, 0.25) is 11.8 Å². The highest BCUT2D eigenvalue weighted by Crippen LogP contribution is 2.25. The number of amides is 2. The van der Waals surface area contributed by atoms with Crippen LogP contribution < -0.4 is 20.1 Å². The molecule has 0 radical (unpaired) electrons. The average Bonchev–Trinajstić information content (AvgIpc) is 2.61. The first-order valence-electron chi connectivity index (χ1n) is 7.83. The molecule has 2 aromatic rings. The quantitative estimate of drug-likeness (QED) is 0.765. The summed E-state index contributed by atoms with van der Waals surface area (Å²) in [5, 5.41) is 5.40. The van der Waals surface area contributed by atoms with E-state index in [1.165, 1.54) is 0 Å². The van der Waals surface area contributed by atoms with Gasteiger partial charge in [0.25, 0.3) is 0 Å². The summed E-state index contributed by atoms with van der Waals surface area (Å²) < 4.78 is 16.5. The predicted molar refractivity (Wildman–Crippen MR) is 92.0 cm³/mol. The first-order chi connectivity index (χ1) is 12.2. The van der Waals surface area contributed by atoms with E-state index in [-0.39, 0.29) is 38.2 Å². The van der Waals surface area contributed by atoms with E-state index in [4.69, 9.17) is 14.2 Å². The van der Waals surface area contributed by atoms with Crippen LogP contribution in [0.15, 0.2) is 48.5 Å². The van der Waals surface area contributed by atoms with Crippen LogP contribution in [0.1, 0.15) is 0 Å². The highest BCUT2D eigenvalue weighted by Gasteiger charge is 2.12. The van der Waals surface area contributed by atoms with Gasteiger partial charge in [-0.15, -0.1) is 0 Å². The molecular weight excluding hydrogens is 324 g/mol. The topological polar surface area (TPSA) is 85.9 Å². The van der Waals surface area contributed by atoms with Gasteiger partial charge in [-0.05, 0) is 24.3 Å². The van der Waals surface area contributed by atoms with Crippen LogP contribution >= 0.6 is 0 Å². The molecule has 2 aromatic carbocycles. The van der Waals surface area contributed by atoms with Gasteiger partial charge in [0.15, 0.2) is 0 Å². The number of anilines is 2. The fraction of sp³-hybridized carbons (Fsp3) is 0.222. The molecule has 0 aliphatic carbocycles. The molecule has 1 aliphatic heterocycles. The van der Waals surface area contributed by atoms with Crippen molar-refractivity contribution in [2.45, 2.75) is 0 Å². The number of carbonyl (C=O) groups is 2. The van der Waals surface area contributed by atoms with Crippen molar-refractivity contribution in [2.75, 3.05) is 37.1 Å². The van der Waals surface area contributed by atoms with Crippen LogP contribution in [0.3, 0.4) is 0 Å². The largest absolute Gasteiger partial charge is 0.488 e. The molecule has 0 saturated heterocycles. The van der Waals surface area contributed by atoms with Gasteiger partial charge in [-0.2, -0.15) is 0 Å². The van der Waals surface area contributed by atoms with E-state index in [9.17, 15) is 9.59 Å². The third-order valence-corrected chi connectivity index (χ3v) is 3.39. The van der Waals surface area contributed by atoms with Crippen molar-refractivity contribution in [3.8, 4) is 11.5 Å². The zero-order chi connectivity index (χ0) is 17.5. The van der Waals surface area contributed by atoms with E-state index < -0.39 is 0 Å². The van der Waals surface area contributed by atoms with Gasteiger partial charge in [-0.1, -0.05) is 24.3 Å². The van der Waals surface area contributed by atoms with Gasteiger partial charge < -0.3 is 24.8 Å². The second kappa shape index (κ2) is 8.16. The first kappa shape index (κ1) is 16.8. The van der Waals surface area contributed by atoms with Crippen molar-refractivity contribution in [3.05, 3.63) is 48.5 Å². The molecule has 25 heavy (non-hydrogen) atoms. The summed E-state index contributed by atoms with van der Waals surface area (Å²) in [5.41, 5.74) is 1.08. The normalized spacial score (nSPS) is 15.8. The van der Waals surface area contributed by atoms with Crippen LogP contribution in [-0.2, 0) is 14.3 Å². The van der Waals surface area contributed by atoms with Gasteiger partial charge in [0, 0.05) is 0 Å². The maximum Gasteiger partial charge on any atom is 0.250 e. The number of nitrogens with one attached hydrogen (secondary N) is 2. The number of ether oxygens (including phenoxy) is 3. The zero-order valence-corrected chi connectivity index (χ0v) is 13.5. The third-order valence-electron chi connectivity index (χ3n) is 3.39. The Bertz CT molecular complexity index is 699. The van der Waals surface area contributed by atoms with Gasteiger partial charge in [0.1, 0.15) is 37.9 Å². The van der Waals surface area contributed by atoms with Crippen LogP contribution in [0.25, 0.3) is 0 Å². The Morgan fingerprint density at radius 1 is 0.680 bits per heavy atom. The summed E-state index contributed by atoms with van der Waals surface area (Å²) in [4.78, 5) is 23.9. The molecule has 0 aromatic heterocycles. The summed E-state index contributed by atoms with van der Waals surface area (Å²) in [7, 11) is 0. The van der Waals surface area contributed by atoms with Crippen molar-refractivity contribution >= 4 is 23.2 Å². The summed E-state index contributed by atoms with van der Waals surface area (Å²) in [5.74, 6) is 0.347. The SMILES string of the molecule is O=C1COCC(=O)Nc2ccccc2OCCOc2ccccc2N1. The Morgan fingerprint density at radius 2 is 1.12 bits per heavy atom. The van der Waals surface area contributed by atoms with Gasteiger partial charge in [-0.3, -0.25) is 9.59 Å². The van der Waals surface area contributed by atoms with Crippen molar-refractivity contribution in [1.29, 1.82) is 0 Å². The number of para-hydroxylation sites is 4. The second-order valence-corrected chi connectivity index (χ2v) is 5.28. The van der Waals surface area contributed by atoms with E-state index in [0.717, 1.165) is 0 Å². The van der Waals surface area contributed by atoms with E-state index >= 15 is 0 Å². The number of rotatable bonds is 0. The molecule has 2 amide bonds. The van der Waals surface area contributed by atoms with Gasteiger partial charge in [0.05, 0.1) is 11.4 Å². The third kappa shape index (κ3) is 4.71. The molecule has 7 heteroatoms. The Balaban J connectivity index is 1.78. The summed E-state index contributed by atoms with van der Waals surface area (Å²) in [6.07, 6.45) is 0. The van der Waals surface area contributed by atoms with Crippen molar-refractivity contribution in [1.82, 2.24) is 0 Å². The lowest BCUT2D eigenvalue weighted by Crippen LogP contribution is -2.24. The minimum atomic E-state index is -0.365. The van der Waals surface area contributed by atoms with Gasteiger partial charge in [-0.25, -0.2) is 0 Å². The van der Waals surface area contributed by atoms with Crippen molar-refractivity contribution < 1.29 is 23.8 Å². The Morgan fingerprint density at radius 3 is 1.60 bits per heavy atom. The summed E-state index contributed by atoms with van der Waals surface area (Å²) in [6, 6.07) is 14.2. The number of fused-ring (bicyclic) bond motifs is 2. The Kier molecular flexibility index (Phi) is 5.48. The minimum Gasteiger partial charge on any atom is -0.488 e. The standard InChI is InChI=1S/C18H18N2O5/c21-17-11-23-12-18(22)20-14-6-2-4-8-16(14)25-10-9-24-15-7-3-1-5-13(15)19-17/h1-8H,9-12H2,(H,19,21)(H,20,22). The monoisotopic (exact) mass is 342 g/mol. The van der Waals surface area contributed by atoms with Crippen LogP contribution in [-0.4, -0.2) is 38.2 Å². The molecule has 130 valence electrons. The Hall–Kier alpha value is -3.06. The second-order valence-electron chi connectivity index (χ2n) is 5.28. The molecule has 0 spiro atoms. The molecule has 0 saturated carbocycles. The van der Waals surface area contributed by atoms with Crippen molar-refractivity contribution in [3.63, 3.8) is 0 Å². The smallest absolute Gasteiger partial charge is 0.250 e. The number of hydrogen-bond donors (Lipinski definition) is 2. The molecule has 7 nitrogen and oxygen atoms in total. The van der Waals surface area contributed by atoms with Crippen LogP contribution in [0.2, 0.25) is 0 Å². The van der Waals surface area contributed by atoms with Crippen LogP contribution in [0, 0.1) is 0 Å². The summed E-state index contributed by atoms with van der Waals surface area (Å²) in [6.45, 7) is 0.0944. The highest BCUT2D eigenvalue weighted by atomic mass is 16.5. The number of hydrogen-bond acceptors (Lipinski definition) is 5. The maximum atomic E-state index is 11.9. The molecule has 1 heterocycles. The van der Waals surface area contributed by atoms with Gasteiger partial charge >= 0.3 is 0 Å². The first-order valence-corrected chi connectivity index (χ1v) is 7.83. The highest BCUT2D eigenvalue weighted by molar-refractivity contribution is 5.95. The number of carbonyl (C=O) groups excluding carboxylic acids is 2. The molecule has 0 fully saturated rings. The predicted octanol–water partition coefficient (Wildman–Crippen LogP) is 2.05. The molecular formula is C18H18N2O5. The molecule has 0 bridgehead atoms. The molecule has 3 rings (SSSR count). The van der Waals surface area contributed by atoms with Crippen molar-refractivity contribution in [2.24, 2.45) is 0 Å². The van der Waals surface area contributed by atoms with E-state index in [0.29, 0.717) is 22.9 Å².